The van der Waals surface area contributed by atoms with E-state index in [1.54, 1.807) is 0 Å². The Bertz CT molecular complexity index is 1060. The number of nitrogens with zero attached hydrogens (tertiary/aromatic N) is 1. The average molecular weight is 471 g/mol. The summed E-state index contributed by atoms with van der Waals surface area (Å²) in [6.07, 6.45) is -9.30. The molecule has 2 aromatic rings. The third kappa shape index (κ3) is 4.58. The lowest BCUT2D eigenvalue weighted by molar-refractivity contribution is -0.138. The molecule has 3 rings (SSSR count). The lowest BCUT2D eigenvalue weighted by Gasteiger charge is -2.28. The molecular formula is C19H16F7NO3S. The molecule has 31 heavy (non-hydrogen) atoms. The zero-order chi connectivity index (χ0) is 23.1. The summed E-state index contributed by atoms with van der Waals surface area (Å²) < 4.78 is 119. The summed E-state index contributed by atoms with van der Waals surface area (Å²) in [5, 5.41) is 9.77. The zero-order valence-electron chi connectivity index (χ0n) is 15.6. The van der Waals surface area contributed by atoms with Crippen molar-refractivity contribution in [3.8, 4) is 5.75 Å². The highest BCUT2D eigenvalue weighted by molar-refractivity contribution is 7.92. The standard InChI is InChI=1S/C19H16F7NO3S/c20-11-2-4-12(5-3-11)27-9-10(1-6-17(21)22)18(23)31(29,30)16-8-15(28)13(7-14(16)27)19(24,25)26/h2-5,7-8,10,17-18,28H,1,6,9H2/t10-,18+/m1/s1. The predicted octanol–water partition coefficient (Wildman–Crippen LogP) is 5.43. The summed E-state index contributed by atoms with van der Waals surface area (Å²) in [4.78, 5) is 0.0749. The van der Waals surface area contributed by atoms with E-state index in [1.165, 1.54) is 0 Å². The first kappa shape index (κ1) is 23.2. The van der Waals surface area contributed by atoms with E-state index in [-0.39, 0.29) is 5.69 Å². The van der Waals surface area contributed by atoms with Crippen LogP contribution in [0.5, 0.6) is 5.75 Å². The molecule has 0 spiro atoms. The van der Waals surface area contributed by atoms with Gasteiger partial charge >= 0.3 is 6.18 Å². The van der Waals surface area contributed by atoms with Crippen molar-refractivity contribution in [3.63, 3.8) is 0 Å². The lowest BCUT2D eigenvalue weighted by atomic mass is 10.0. The van der Waals surface area contributed by atoms with Crippen molar-refractivity contribution >= 4 is 21.2 Å². The third-order valence-corrected chi connectivity index (χ3v) is 6.88. The molecule has 1 aliphatic heterocycles. The van der Waals surface area contributed by atoms with Gasteiger partial charge in [0.2, 0.25) is 21.8 Å². The molecular weight excluding hydrogens is 455 g/mol. The molecule has 0 unspecified atom stereocenters. The highest BCUT2D eigenvalue weighted by Gasteiger charge is 2.44. The first-order valence-electron chi connectivity index (χ1n) is 8.95. The van der Waals surface area contributed by atoms with Gasteiger partial charge in [0.15, 0.2) is 0 Å². The third-order valence-electron chi connectivity index (χ3n) is 4.96. The second kappa shape index (κ2) is 8.21. The number of phenolic OH excluding ortho intramolecular Hbond substituents is 1. The van der Waals surface area contributed by atoms with Crippen molar-refractivity contribution in [2.45, 2.75) is 35.8 Å². The van der Waals surface area contributed by atoms with Crippen LogP contribution in [0.1, 0.15) is 18.4 Å². The summed E-state index contributed by atoms with van der Waals surface area (Å²) in [6.45, 7) is -0.562. The van der Waals surface area contributed by atoms with Crippen molar-refractivity contribution in [3.05, 3.63) is 47.8 Å². The maximum Gasteiger partial charge on any atom is 0.420 e. The Morgan fingerprint density at radius 3 is 2.29 bits per heavy atom. The van der Waals surface area contributed by atoms with Crippen molar-refractivity contribution in [2.75, 3.05) is 11.4 Å². The van der Waals surface area contributed by atoms with Crippen LogP contribution in [-0.4, -0.2) is 32.0 Å². The quantitative estimate of drug-likeness (QED) is 0.604. The molecule has 0 aliphatic carbocycles. The second-order valence-electron chi connectivity index (χ2n) is 7.05. The molecule has 4 nitrogen and oxygen atoms in total. The molecule has 12 heteroatoms. The average Bonchev–Trinajstić information content (AvgIpc) is 2.74. The van der Waals surface area contributed by atoms with Gasteiger partial charge in [-0.2, -0.15) is 13.2 Å². The molecule has 1 heterocycles. The fourth-order valence-electron chi connectivity index (χ4n) is 3.44. The van der Waals surface area contributed by atoms with E-state index in [0.29, 0.717) is 12.1 Å². The lowest BCUT2D eigenvalue weighted by Crippen LogP contribution is -2.31. The normalized spacial score (nSPS) is 21.1. The highest BCUT2D eigenvalue weighted by Crippen LogP contribution is 2.46. The van der Waals surface area contributed by atoms with Crippen molar-refractivity contribution in [1.82, 2.24) is 0 Å². The van der Waals surface area contributed by atoms with Crippen LogP contribution in [0.3, 0.4) is 0 Å². The minimum atomic E-state index is -5.06. The topological polar surface area (TPSA) is 57.6 Å². The largest absolute Gasteiger partial charge is 0.507 e. The van der Waals surface area contributed by atoms with E-state index in [0.717, 1.165) is 29.2 Å². The van der Waals surface area contributed by atoms with Crippen LogP contribution in [-0.2, 0) is 16.0 Å². The summed E-state index contributed by atoms with van der Waals surface area (Å²) in [7, 11) is -4.94. The molecule has 0 fully saturated rings. The van der Waals surface area contributed by atoms with E-state index in [4.69, 9.17) is 0 Å². The van der Waals surface area contributed by atoms with Gasteiger partial charge in [0.1, 0.15) is 11.6 Å². The Hall–Kier alpha value is -2.50. The number of sulfone groups is 1. The van der Waals surface area contributed by atoms with Crippen LogP contribution in [0.25, 0.3) is 0 Å². The van der Waals surface area contributed by atoms with Gasteiger partial charge < -0.3 is 10.0 Å². The molecule has 0 amide bonds. The van der Waals surface area contributed by atoms with Crippen LogP contribution in [0.15, 0.2) is 41.3 Å². The molecule has 2 atom stereocenters. The zero-order valence-corrected chi connectivity index (χ0v) is 16.4. The van der Waals surface area contributed by atoms with Crippen LogP contribution in [0.2, 0.25) is 0 Å². The monoisotopic (exact) mass is 471 g/mol. The molecule has 0 bridgehead atoms. The van der Waals surface area contributed by atoms with Gasteiger partial charge in [0, 0.05) is 30.6 Å². The Morgan fingerprint density at radius 1 is 1.13 bits per heavy atom. The van der Waals surface area contributed by atoms with Crippen LogP contribution in [0.4, 0.5) is 42.1 Å². The molecule has 1 N–H and O–H groups in total. The molecule has 1 aliphatic rings. The number of halogens is 7. The van der Waals surface area contributed by atoms with E-state index < -0.39 is 81.0 Å². The van der Waals surface area contributed by atoms with E-state index >= 15 is 4.39 Å². The Kier molecular flexibility index (Phi) is 6.14. The molecule has 0 aromatic heterocycles. The van der Waals surface area contributed by atoms with E-state index in [2.05, 4.69) is 0 Å². The molecule has 2 aromatic carbocycles. The van der Waals surface area contributed by atoms with Crippen LogP contribution >= 0.6 is 0 Å². The van der Waals surface area contributed by atoms with Gasteiger partial charge in [-0.05, 0) is 36.8 Å². The predicted molar refractivity (Wildman–Crippen MR) is 97.3 cm³/mol. The van der Waals surface area contributed by atoms with Gasteiger partial charge in [0.25, 0.3) is 0 Å². The fourth-order valence-corrected chi connectivity index (χ4v) is 5.15. The fraction of sp³-hybridized carbons (Fsp3) is 0.368. The molecule has 0 saturated carbocycles. The highest BCUT2D eigenvalue weighted by atomic mass is 32.2. The maximum atomic E-state index is 15.0. The SMILES string of the molecule is O=S1(=O)c2cc(O)c(C(F)(F)F)cc2N(c2ccc(F)cc2)C[C@@H](CCC(F)F)[C@H]1F. The van der Waals surface area contributed by atoms with Gasteiger partial charge in [-0.15, -0.1) is 0 Å². The van der Waals surface area contributed by atoms with Crippen molar-refractivity contribution < 1.29 is 44.3 Å². The number of aromatic hydroxyl groups is 1. The number of hydrogen-bond donors (Lipinski definition) is 1. The summed E-state index contributed by atoms with van der Waals surface area (Å²) in [5.74, 6) is -3.63. The molecule has 0 saturated heterocycles. The smallest absolute Gasteiger partial charge is 0.420 e. The second-order valence-corrected chi connectivity index (χ2v) is 9.03. The summed E-state index contributed by atoms with van der Waals surface area (Å²) >= 11 is 0. The number of benzene rings is 2. The number of rotatable bonds is 4. The van der Waals surface area contributed by atoms with Gasteiger partial charge in [-0.1, -0.05) is 0 Å². The molecule has 170 valence electrons. The van der Waals surface area contributed by atoms with Crippen LogP contribution < -0.4 is 4.90 Å². The van der Waals surface area contributed by atoms with Gasteiger partial charge in [-0.25, -0.2) is 26.0 Å². The van der Waals surface area contributed by atoms with E-state index in [1.807, 2.05) is 0 Å². The van der Waals surface area contributed by atoms with E-state index in [9.17, 15) is 39.9 Å². The van der Waals surface area contributed by atoms with Gasteiger partial charge in [-0.3, -0.25) is 0 Å². The Morgan fingerprint density at radius 2 is 1.74 bits per heavy atom. The minimum absolute atomic E-state index is 0.0211. The van der Waals surface area contributed by atoms with Crippen molar-refractivity contribution in [2.24, 2.45) is 5.92 Å². The number of phenols is 1. The number of anilines is 2. The molecule has 0 radical (unpaired) electrons. The van der Waals surface area contributed by atoms with Crippen LogP contribution in [0, 0.1) is 11.7 Å². The Balaban J connectivity index is 2.25. The summed E-state index contributed by atoms with van der Waals surface area (Å²) in [5.41, 5.74) is -4.84. The number of fused-ring (bicyclic) bond motifs is 1. The minimum Gasteiger partial charge on any atom is -0.507 e. The summed E-state index contributed by atoms with van der Waals surface area (Å²) in [6, 6.07) is 4.84. The Labute approximate surface area is 172 Å². The maximum absolute atomic E-state index is 15.0. The number of hydrogen-bond acceptors (Lipinski definition) is 4. The first-order valence-corrected chi connectivity index (χ1v) is 10.5. The van der Waals surface area contributed by atoms with Crippen molar-refractivity contribution in [1.29, 1.82) is 0 Å². The first-order chi connectivity index (χ1) is 14.3. The number of alkyl halides is 6. The van der Waals surface area contributed by atoms with Gasteiger partial charge in [0.05, 0.1) is 16.1 Å².